The van der Waals surface area contributed by atoms with Crippen LogP contribution < -0.4 is 11.1 Å². The first-order valence-electron chi connectivity index (χ1n) is 7.72. The number of fused-ring (bicyclic) bond motifs is 1. The van der Waals surface area contributed by atoms with Crippen molar-refractivity contribution in [3.63, 3.8) is 0 Å². The quantitative estimate of drug-likeness (QED) is 0.811. The van der Waals surface area contributed by atoms with Gasteiger partial charge in [0.05, 0.1) is 18.4 Å². The van der Waals surface area contributed by atoms with Gasteiger partial charge in [-0.15, -0.1) is 0 Å². The number of rotatable bonds is 2. The molecule has 2 aromatic rings. The maximum Gasteiger partial charge on any atom is 0.357 e. The molecular weight excluding hydrogens is 320 g/mol. The zero-order chi connectivity index (χ0) is 18.4. The number of ether oxygens (including phenoxy) is 1. The molecular formula is C18H18N4O3. The van der Waals surface area contributed by atoms with Crippen molar-refractivity contribution in [1.29, 1.82) is 5.26 Å². The van der Waals surface area contributed by atoms with Gasteiger partial charge in [-0.05, 0) is 44.0 Å². The Labute approximate surface area is 145 Å². The number of hydrogen-bond acceptors (Lipinski definition) is 5. The van der Waals surface area contributed by atoms with E-state index in [-0.39, 0.29) is 28.4 Å². The molecule has 2 heterocycles. The van der Waals surface area contributed by atoms with Crippen LogP contribution in [0.25, 0.3) is 5.69 Å². The Morgan fingerprint density at radius 3 is 2.80 bits per heavy atom. The summed E-state index contributed by atoms with van der Waals surface area (Å²) in [5, 5.41) is 12.2. The Hall–Kier alpha value is -3.27. The van der Waals surface area contributed by atoms with E-state index >= 15 is 0 Å². The van der Waals surface area contributed by atoms with Gasteiger partial charge >= 0.3 is 5.97 Å². The summed E-state index contributed by atoms with van der Waals surface area (Å²) in [7, 11) is 1.25. The van der Waals surface area contributed by atoms with E-state index in [1.54, 1.807) is 12.1 Å². The molecule has 1 aliphatic rings. The number of carbonyl (C=O) groups excluding carboxylic acids is 2. The lowest BCUT2D eigenvalue weighted by Gasteiger charge is -2.32. The first kappa shape index (κ1) is 16.6. The second-order valence-corrected chi connectivity index (χ2v) is 6.63. The molecule has 3 N–H and O–H groups in total. The Balaban J connectivity index is 2.18. The lowest BCUT2D eigenvalue weighted by molar-refractivity contribution is 0.0592. The number of aromatic nitrogens is 1. The van der Waals surface area contributed by atoms with Crippen molar-refractivity contribution in [1.82, 2.24) is 9.88 Å². The van der Waals surface area contributed by atoms with E-state index < -0.39 is 5.97 Å². The lowest BCUT2D eigenvalue weighted by atomic mass is 9.87. The van der Waals surface area contributed by atoms with Gasteiger partial charge in [0.2, 0.25) is 0 Å². The van der Waals surface area contributed by atoms with Crippen molar-refractivity contribution in [2.75, 3.05) is 12.8 Å². The highest BCUT2D eigenvalue weighted by Gasteiger charge is 2.30. The molecule has 128 valence electrons. The van der Waals surface area contributed by atoms with Gasteiger partial charge in [-0.3, -0.25) is 4.79 Å². The van der Waals surface area contributed by atoms with E-state index in [4.69, 9.17) is 10.5 Å². The van der Waals surface area contributed by atoms with E-state index in [1.165, 1.54) is 17.9 Å². The minimum atomic E-state index is -0.630. The Morgan fingerprint density at radius 1 is 1.44 bits per heavy atom. The number of nitrogens with zero attached hydrogens (tertiary/aromatic N) is 2. The maximum atomic E-state index is 12.2. The number of carbonyl (C=O) groups is 2. The van der Waals surface area contributed by atoms with E-state index in [9.17, 15) is 14.9 Å². The average Bonchev–Trinajstić information content (AvgIpc) is 2.89. The maximum absolute atomic E-state index is 12.2. The van der Waals surface area contributed by atoms with Gasteiger partial charge in [0.15, 0.2) is 5.69 Å². The summed E-state index contributed by atoms with van der Waals surface area (Å²) < 4.78 is 6.31. The van der Waals surface area contributed by atoms with E-state index in [0.29, 0.717) is 17.7 Å². The van der Waals surface area contributed by atoms with Crippen LogP contribution in [-0.4, -0.2) is 29.1 Å². The minimum absolute atomic E-state index is 0.0742. The molecule has 3 rings (SSSR count). The zero-order valence-electron chi connectivity index (χ0n) is 14.2. The van der Waals surface area contributed by atoms with Crippen LogP contribution in [0.4, 0.5) is 5.69 Å². The van der Waals surface area contributed by atoms with Crippen molar-refractivity contribution in [3.05, 3.63) is 46.8 Å². The van der Waals surface area contributed by atoms with Crippen LogP contribution in [0.1, 0.15) is 45.8 Å². The van der Waals surface area contributed by atoms with Crippen LogP contribution in [0.3, 0.4) is 0 Å². The Bertz CT molecular complexity index is 935. The molecule has 0 saturated heterocycles. The van der Waals surface area contributed by atoms with Gasteiger partial charge in [0, 0.05) is 23.0 Å². The molecule has 7 heteroatoms. The van der Waals surface area contributed by atoms with Gasteiger partial charge in [0.1, 0.15) is 6.07 Å². The summed E-state index contributed by atoms with van der Waals surface area (Å²) >= 11 is 0. The zero-order valence-corrected chi connectivity index (χ0v) is 14.2. The predicted octanol–water partition coefficient (Wildman–Crippen LogP) is 1.78. The number of benzene rings is 1. The average molecular weight is 338 g/mol. The van der Waals surface area contributed by atoms with Crippen LogP contribution in [0.15, 0.2) is 24.4 Å². The van der Waals surface area contributed by atoms with Crippen molar-refractivity contribution < 1.29 is 14.3 Å². The van der Waals surface area contributed by atoms with Gasteiger partial charge in [-0.2, -0.15) is 5.26 Å². The Kier molecular flexibility index (Phi) is 3.76. The minimum Gasteiger partial charge on any atom is -0.464 e. The van der Waals surface area contributed by atoms with Gasteiger partial charge < -0.3 is 20.4 Å². The molecule has 1 amide bonds. The largest absolute Gasteiger partial charge is 0.464 e. The molecule has 1 aromatic carbocycles. The molecule has 1 aromatic heterocycles. The van der Waals surface area contributed by atoms with Crippen LogP contribution in [0, 0.1) is 11.3 Å². The molecule has 0 atom stereocenters. The number of nitrogen functional groups attached to an aromatic ring is 1. The third kappa shape index (κ3) is 2.72. The highest BCUT2D eigenvalue weighted by molar-refractivity contribution is 5.98. The van der Waals surface area contributed by atoms with Crippen LogP contribution in [0.5, 0.6) is 0 Å². The summed E-state index contributed by atoms with van der Waals surface area (Å²) in [5.41, 5.74) is 8.03. The van der Waals surface area contributed by atoms with E-state index in [2.05, 4.69) is 5.32 Å². The van der Waals surface area contributed by atoms with Crippen molar-refractivity contribution >= 4 is 17.6 Å². The van der Waals surface area contributed by atoms with Crippen LogP contribution >= 0.6 is 0 Å². The molecule has 0 radical (unpaired) electrons. The fourth-order valence-electron chi connectivity index (χ4n) is 3.11. The number of hydrogen-bond donors (Lipinski definition) is 2. The summed E-state index contributed by atoms with van der Waals surface area (Å²) in [5.74, 6) is -0.759. The van der Waals surface area contributed by atoms with Crippen molar-refractivity contribution in [2.45, 2.75) is 25.8 Å². The van der Waals surface area contributed by atoms with Crippen LogP contribution in [0.2, 0.25) is 0 Å². The Morgan fingerprint density at radius 2 is 2.16 bits per heavy atom. The highest BCUT2D eigenvalue weighted by atomic mass is 16.5. The number of esters is 1. The molecule has 7 nitrogen and oxygen atoms in total. The van der Waals surface area contributed by atoms with E-state index in [0.717, 1.165) is 5.56 Å². The first-order chi connectivity index (χ1) is 11.8. The standard InChI is InChI=1S/C18H18N4O3/c1-18(2)7-10-6-12(4-5-13(10)16(23)21-18)22-9-11(8-19)14(20)15(22)17(24)25-3/h4-6,9H,7,20H2,1-3H3,(H,21,23). The number of amides is 1. The van der Waals surface area contributed by atoms with E-state index in [1.807, 2.05) is 26.0 Å². The van der Waals surface area contributed by atoms with Crippen LogP contribution in [-0.2, 0) is 11.2 Å². The molecule has 0 unspecified atom stereocenters. The normalized spacial score (nSPS) is 15.0. The fourth-order valence-corrected chi connectivity index (χ4v) is 3.11. The third-order valence-corrected chi connectivity index (χ3v) is 4.24. The highest BCUT2D eigenvalue weighted by Crippen LogP contribution is 2.29. The summed E-state index contributed by atoms with van der Waals surface area (Å²) in [6.45, 7) is 3.89. The van der Waals surface area contributed by atoms with Gasteiger partial charge in [0.25, 0.3) is 5.91 Å². The number of nitriles is 1. The second-order valence-electron chi connectivity index (χ2n) is 6.63. The summed E-state index contributed by atoms with van der Waals surface area (Å²) in [6.07, 6.45) is 2.15. The number of anilines is 1. The predicted molar refractivity (Wildman–Crippen MR) is 91.5 cm³/mol. The molecule has 1 aliphatic heterocycles. The smallest absolute Gasteiger partial charge is 0.357 e. The number of methoxy groups -OCH3 is 1. The molecule has 0 aliphatic carbocycles. The summed E-state index contributed by atoms with van der Waals surface area (Å²) in [4.78, 5) is 24.3. The van der Waals surface area contributed by atoms with Crippen molar-refractivity contribution in [2.24, 2.45) is 0 Å². The lowest BCUT2D eigenvalue weighted by Crippen LogP contribution is -2.49. The number of nitrogens with one attached hydrogen (secondary N) is 1. The molecule has 0 saturated carbocycles. The number of nitrogens with two attached hydrogens (primary N) is 1. The van der Waals surface area contributed by atoms with Gasteiger partial charge in [-0.25, -0.2) is 4.79 Å². The fraction of sp³-hybridized carbons (Fsp3) is 0.278. The van der Waals surface area contributed by atoms with Crippen molar-refractivity contribution in [3.8, 4) is 11.8 Å². The topological polar surface area (TPSA) is 110 Å². The third-order valence-electron chi connectivity index (χ3n) is 4.24. The summed E-state index contributed by atoms with van der Waals surface area (Å²) in [6, 6.07) is 7.22. The molecule has 25 heavy (non-hydrogen) atoms. The second kappa shape index (κ2) is 5.67. The first-order valence-corrected chi connectivity index (χ1v) is 7.72. The molecule has 0 bridgehead atoms. The SMILES string of the molecule is COC(=O)c1c(N)c(C#N)cn1-c1ccc2c(c1)CC(C)(C)NC2=O. The monoisotopic (exact) mass is 338 g/mol. The molecule has 0 spiro atoms. The van der Waals surface area contributed by atoms with Gasteiger partial charge in [-0.1, -0.05) is 0 Å². The molecule has 0 fully saturated rings.